The molecule has 1 N–H and O–H groups in total. The molecular weight excluding hydrogens is 438 g/mol. The van der Waals surface area contributed by atoms with Crippen LogP contribution >= 0.6 is 27.7 Å². The Hall–Kier alpha value is -2.38. The van der Waals surface area contributed by atoms with E-state index < -0.39 is 5.97 Å². The van der Waals surface area contributed by atoms with Gasteiger partial charge in [-0.25, -0.2) is 4.98 Å². The molecule has 0 aliphatic rings. The van der Waals surface area contributed by atoms with Gasteiger partial charge in [-0.15, -0.1) is 0 Å². The van der Waals surface area contributed by atoms with Crippen molar-refractivity contribution in [3.8, 4) is 0 Å². The number of carboxylic acids is 1. The fraction of sp³-hybridized carbons (Fsp3) is 0.190. The number of hydrogen-bond acceptors (Lipinski definition) is 4. The number of hydrogen-bond donors (Lipinski definition) is 1. The van der Waals surface area contributed by atoms with Crippen molar-refractivity contribution in [1.29, 1.82) is 0 Å². The van der Waals surface area contributed by atoms with E-state index >= 15 is 0 Å². The summed E-state index contributed by atoms with van der Waals surface area (Å²) in [4.78, 5) is 19.7. The molecule has 0 unspecified atom stereocenters. The number of benzene rings is 2. The van der Waals surface area contributed by atoms with Crippen LogP contribution in [0.25, 0.3) is 21.8 Å². The molecule has 0 amide bonds. The Morgan fingerprint density at radius 1 is 1.14 bits per heavy atom. The molecule has 2 aromatic heterocycles. The van der Waals surface area contributed by atoms with Crippen LogP contribution in [-0.2, 0) is 11.3 Å². The predicted octanol–water partition coefficient (Wildman–Crippen LogP) is 5.35. The molecule has 0 aliphatic carbocycles. The second kappa shape index (κ2) is 8.32. The Bertz CT molecular complexity index is 1160. The third kappa shape index (κ3) is 3.91. The number of aromatic nitrogens is 3. The van der Waals surface area contributed by atoms with Gasteiger partial charge in [0.1, 0.15) is 5.52 Å². The molecular formula is C21H18BrN3O2S. The Labute approximate surface area is 174 Å². The molecule has 0 saturated carbocycles. The number of pyridine rings is 1. The Morgan fingerprint density at radius 2 is 1.96 bits per heavy atom. The molecule has 28 heavy (non-hydrogen) atoms. The zero-order valence-electron chi connectivity index (χ0n) is 15.0. The molecule has 0 bridgehead atoms. The average molecular weight is 456 g/mol. The topological polar surface area (TPSA) is 68.0 Å². The van der Waals surface area contributed by atoms with Gasteiger partial charge in [0.05, 0.1) is 18.3 Å². The second-order valence-electron chi connectivity index (χ2n) is 6.44. The van der Waals surface area contributed by atoms with Crippen LogP contribution in [0.5, 0.6) is 0 Å². The van der Waals surface area contributed by atoms with Crippen molar-refractivity contribution >= 4 is 55.5 Å². The first kappa shape index (κ1) is 19.0. The highest BCUT2D eigenvalue weighted by molar-refractivity contribution is 9.10. The van der Waals surface area contributed by atoms with Gasteiger partial charge < -0.3 is 9.67 Å². The number of halogens is 1. The lowest BCUT2D eigenvalue weighted by Crippen LogP contribution is -2.03. The van der Waals surface area contributed by atoms with Crippen molar-refractivity contribution in [2.75, 3.05) is 5.75 Å². The van der Waals surface area contributed by atoms with Crippen LogP contribution in [-0.4, -0.2) is 31.4 Å². The van der Waals surface area contributed by atoms with E-state index in [-0.39, 0.29) is 6.42 Å². The Kier molecular flexibility index (Phi) is 5.64. The van der Waals surface area contributed by atoms with Gasteiger partial charge in [-0.1, -0.05) is 58.0 Å². The fourth-order valence-electron chi connectivity index (χ4n) is 3.24. The highest BCUT2D eigenvalue weighted by Crippen LogP contribution is 2.30. The lowest BCUT2D eigenvalue weighted by atomic mass is 10.0. The minimum Gasteiger partial charge on any atom is -0.481 e. The first-order chi connectivity index (χ1) is 13.6. The monoisotopic (exact) mass is 455 g/mol. The Balaban J connectivity index is 1.71. The van der Waals surface area contributed by atoms with Crippen molar-refractivity contribution in [1.82, 2.24) is 14.5 Å². The summed E-state index contributed by atoms with van der Waals surface area (Å²) in [6, 6.07) is 14.5. The van der Waals surface area contributed by atoms with E-state index in [1.54, 1.807) is 24.2 Å². The number of carbonyl (C=O) groups is 1. The van der Waals surface area contributed by atoms with Crippen molar-refractivity contribution in [3.05, 3.63) is 64.9 Å². The number of rotatable bonds is 7. The summed E-state index contributed by atoms with van der Waals surface area (Å²) >= 11 is 5.23. The number of nitrogens with zero attached hydrogens (tertiary/aromatic N) is 3. The molecule has 0 spiro atoms. The number of fused-ring (bicyclic) bond motifs is 2. The summed E-state index contributed by atoms with van der Waals surface area (Å²) in [7, 11) is 0. The summed E-state index contributed by atoms with van der Waals surface area (Å²) < 4.78 is 3.27. The normalized spacial score (nSPS) is 11.3. The summed E-state index contributed by atoms with van der Waals surface area (Å²) in [5.74, 6) is -0.0518. The zero-order valence-corrected chi connectivity index (χ0v) is 17.4. The van der Waals surface area contributed by atoms with Crippen LogP contribution in [0.15, 0.2) is 64.5 Å². The van der Waals surface area contributed by atoms with Crippen LogP contribution in [0.1, 0.15) is 18.4 Å². The van der Waals surface area contributed by atoms with E-state index in [0.29, 0.717) is 18.7 Å². The van der Waals surface area contributed by atoms with Crippen molar-refractivity contribution in [2.45, 2.75) is 24.5 Å². The molecule has 0 saturated heterocycles. The Morgan fingerprint density at radius 3 is 2.79 bits per heavy atom. The molecule has 0 fully saturated rings. The number of thioether (sulfide) groups is 1. The maximum absolute atomic E-state index is 10.8. The minimum atomic E-state index is -0.764. The molecule has 0 aliphatic heterocycles. The lowest BCUT2D eigenvalue weighted by Gasteiger charge is -2.12. The maximum atomic E-state index is 10.8. The van der Waals surface area contributed by atoms with Crippen LogP contribution < -0.4 is 0 Å². The van der Waals surface area contributed by atoms with Gasteiger partial charge in [-0.2, -0.15) is 0 Å². The van der Waals surface area contributed by atoms with Crippen LogP contribution in [0.2, 0.25) is 0 Å². The molecule has 0 atom stereocenters. The highest BCUT2D eigenvalue weighted by atomic mass is 79.9. The van der Waals surface area contributed by atoms with Gasteiger partial charge >= 0.3 is 5.97 Å². The molecule has 2 aromatic carbocycles. The van der Waals surface area contributed by atoms with Gasteiger partial charge in [-0.3, -0.25) is 9.78 Å². The number of imidazole rings is 1. The van der Waals surface area contributed by atoms with Gasteiger partial charge in [0, 0.05) is 22.8 Å². The molecule has 5 nitrogen and oxygen atoms in total. The van der Waals surface area contributed by atoms with E-state index in [9.17, 15) is 4.79 Å². The van der Waals surface area contributed by atoms with Crippen molar-refractivity contribution in [2.24, 2.45) is 0 Å². The maximum Gasteiger partial charge on any atom is 0.303 e. The number of aliphatic carboxylic acids is 1. The minimum absolute atomic E-state index is 0.173. The molecule has 7 heteroatoms. The fourth-order valence-corrected chi connectivity index (χ4v) is 4.67. The van der Waals surface area contributed by atoms with Crippen LogP contribution in [0.3, 0.4) is 0 Å². The molecule has 4 aromatic rings. The summed E-state index contributed by atoms with van der Waals surface area (Å²) in [5.41, 5.74) is 3.09. The molecule has 4 rings (SSSR count). The van der Waals surface area contributed by atoms with Crippen molar-refractivity contribution in [3.63, 3.8) is 0 Å². The third-order valence-corrected chi connectivity index (χ3v) is 6.33. The van der Waals surface area contributed by atoms with Crippen LogP contribution in [0.4, 0.5) is 0 Å². The third-order valence-electron chi connectivity index (χ3n) is 4.57. The van der Waals surface area contributed by atoms with Crippen molar-refractivity contribution < 1.29 is 9.90 Å². The first-order valence-corrected chi connectivity index (χ1v) is 10.7. The van der Waals surface area contributed by atoms with Gasteiger partial charge in [0.15, 0.2) is 5.16 Å². The average Bonchev–Trinajstić information content (AvgIpc) is 3.05. The van der Waals surface area contributed by atoms with Gasteiger partial charge in [0.2, 0.25) is 0 Å². The first-order valence-electron chi connectivity index (χ1n) is 8.94. The SMILES string of the molecule is O=C(O)CCCSc1nc2cnccc2n1Cc1ccc(Br)c2ccccc12. The van der Waals surface area contributed by atoms with Gasteiger partial charge in [-0.05, 0) is 34.9 Å². The molecule has 2 heterocycles. The van der Waals surface area contributed by atoms with E-state index in [2.05, 4.69) is 55.8 Å². The second-order valence-corrected chi connectivity index (χ2v) is 8.36. The quantitative estimate of drug-likeness (QED) is 0.300. The number of carboxylic acid groups (broad SMARTS) is 1. The standard InChI is InChI=1S/C21H18BrN3O2S/c22-17-8-7-14(15-4-1-2-5-16(15)17)13-25-19-9-10-23-12-18(19)24-21(25)28-11-3-6-20(26)27/h1-2,4-5,7-10,12H,3,6,11,13H2,(H,26,27). The summed E-state index contributed by atoms with van der Waals surface area (Å²) in [6.45, 7) is 0.690. The zero-order chi connectivity index (χ0) is 19.5. The van der Waals surface area contributed by atoms with Crippen LogP contribution in [0, 0.1) is 0 Å². The molecule has 142 valence electrons. The summed E-state index contributed by atoms with van der Waals surface area (Å²) in [6.07, 6.45) is 4.33. The van der Waals surface area contributed by atoms with E-state index in [1.165, 1.54) is 16.3 Å². The lowest BCUT2D eigenvalue weighted by molar-refractivity contribution is -0.137. The highest BCUT2D eigenvalue weighted by Gasteiger charge is 2.14. The van der Waals surface area contributed by atoms with Gasteiger partial charge in [0.25, 0.3) is 0 Å². The largest absolute Gasteiger partial charge is 0.481 e. The van der Waals surface area contributed by atoms with E-state index in [0.717, 1.165) is 20.7 Å². The smallest absolute Gasteiger partial charge is 0.303 e. The molecule has 0 radical (unpaired) electrons. The summed E-state index contributed by atoms with van der Waals surface area (Å²) in [5, 5.41) is 12.1. The van der Waals surface area contributed by atoms with E-state index in [1.807, 2.05) is 12.1 Å². The van der Waals surface area contributed by atoms with E-state index in [4.69, 9.17) is 10.1 Å². The predicted molar refractivity (Wildman–Crippen MR) is 116 cm³/mol.